The van der Waals surface area contributed by atoms with Gasteiger partial charge < -0.3 is 5.73 Å². The van der Waals surface area contributed by atoms with Crippen LogP contribution in [0.15, 0.2) is 29.2 Å². The van der Waals surface area contributed by atoms with Gasteiger partial charge in [-0.05, 0) is 25.1 Å². The van der Waals surface area contributed by atoms with Crippen LogP contribution in [0.3, 0.4) is 0 Å². The molecule has 15 heavy (non-hydrogen) atoms. The summed E-state index contributed by atoms with van der Waals surface area (Å²) >= 11 is 1.98. The van der Waals surface area contributed by atoms with E-state index in [1.165, 1.54) is 10.5 Å². The third kappa shape index (κ3) is 1.41. The maximum Gasteiger partial charge on any atom is 0.0687 e. The smallest absolute Gasteiger partial charge is 0.0687 e. The monoisotopic (exact) mass is 220 g/mol. The molecular weight excluding hydrogens is 204 g/mol. The minimum absolute atomic E-state index is 0.336. The van der Waals surface area contributed by atoms with Crippen LogP contribution in [0.25, 0.3) is 0 Å². The molecule has 1 aromatic carbocycles. The van der Waals surface area contributed by atoms with E-state index in [-0.39, 0.29) is 0 Å². The van der Waals surface area contributed by atoms with Crippen LogP contribution in [0.1, 0.15) is 17.9 Å². The zero-order valence-electron chi connectivity index (χ0n) is 8.89. The summed E-state index contributed by atoms with van der Waals surface area (Å²) in [7, 11) is 2.21. The molecule has 0 spiro atoms. The van der Waals surface area contributed by atoms with Gasteiger partial charge in [0.15, 0.2) is 0 Å². The Hall–Kier alpha value is -0.510. The Bertz CT molecular complexity index is 380. The van der Waals surface area contributed by atoms with Crippen molar-refractivity contribution in [2.75, 3.05) is 13.6 Å². The van der Waals surface area contributed by atoms with E-state index in [2.05, 4.69) is 36.2 Å². The Morgan fingerprint density at radius 3 is 3.07 bits per heavy atom. The van der Waals surface area contributed by atoms with Gasteiger partial charge in [0, 0.05) is 23.4 Å². The lowest BCUT2D eigenvalue weighted by Gasteiger charge is -2.38. The standard InChI is InChI=1S/C12H16N2S/c1-14-7-6-9(13)11-8-4-2-3-5-10(8)15-12(11)14/h2-5,9,11-12H,6-7,13H2,1H3. The van der Waals surface area contributed by atoms with E-state index in [4.69, 9.17) is 5.73 Å². The summed E-state index contributed by atoms with van der Waals surface area (Å²) in [5, 5.41) is 0.561. The van der Waals surface area contributed by atoms with Crippen molar-refractivity contribution >= 4 is 11.8 Å². The molecule has 0 aromatic heterocycles. The molecule has 2 aliphatic heterocycles. The van der Waals surface area contributed by atoms with Crippen molar-refractivity contribution in [3.8, 4) is 0 Å². The van der Waals surface area contributed by atoms with Gasteiger partial charge in [0.1, 0.15) is 0 Å². The lowest BCUT2D eigenvalue weighted by molar-refractivity contribution is 0.208. The molecule has 2 aliphatic rings. The number of thioether (sulfide) groups is 1. The van der Waals surface area contributed by atoms with Crippen LogP contribution in [0.4, 0.5) is 0 Å². The number of likely N-dealkylation sites (N-methyl/N-ethyl adjacent to an activating group) is 1. The van der Waals surface area contributed by atoms with E-state index >= 15 is 0 Å². The lowest BCUT2D eigenvalue weighted by atomic mass is 9.87. The van der Waals surface area contributed by atoms with E-state index in [1.54, 1.807) is 0 Å². The summed E-state index contributed by atoms with van der Waals surface area (Å²) in [6.07, 6.45) is 1.12. The zero-order valence-corrected chi connectivity index (χ0v) is 9.70. The van der Waals surface area contributed by atoms with E-state index in [9.17, 15) is 0 Å². The molecule has 3 atom stereocenters. The number of fused-ring (bicyclic) bond motifs is 3. The molecular formula is C12H16N2S. The summed E-state index contributed by atoms with van der Waals surface area (Å²) in [4.78, 5) is 3.87. The topological polar surface area (TPSA) is 29.3 Å². The SMILES string of the molecule is CN1CCC(N)C2c3ccccc3SC21. The highest BCUT2D eigenvalue weighted by molar-refractivity contribution is 8.00. The van der Waals surface area contributed by atoms with Gasteiger partial charge in [-0.3, -0.25) is 4.90 Å². The number of piperidine rings is 1. The molecule has 2 heterocycles. The fourth-order valence-electron chi connectivity index (χ4n) is 2.69. The summed E-state index contributed by atoms with van der Waals surface area (Å²) in [6.45, 7) is 1.13. The molecule has 3 heteroatoms. The Kier molecular flexibility index (Phi) is 2.27. The van der Waals surface area contributed by atoms with Crippen molar-refractivity contribution in [2.45, 2.75) is 28.6 Å². The van der Waals surface area contributed by atoms with Crippen LogP contribution < -0.4 is 5.73 Å². The van der Waals surface area contributed by atoms with Crippen molar-refractivity contribution < 1.29 is 0 Å². The number of hydrogen-bond donors (Lipinski definition) is 1. The second-order valence-electron chi connectivity index (χ2n) is 4.51. The normalized spacial score (nSPS) is 34.9. The van der Waals surface area contributed by atoms with Crippen molar-refractivity contribution in [1.82, 2.24) is 4.90 Å². The molecule has 0 radical (unpaired) electrons. The fraction of sp³-hybridized carbons (Fsp3) is 0.500. The second kappa shape index (κ2) is 3.51. The summed E-state index contributed by atoms with van der Waals surface area (Å²) in [6, 6.07) is 9.05. The molecule has 1 fully saturated rings. The molecule has 1 aromatic rings. The molecule has 2 nitrogen and oxygen atoms in total. The molecule has 1 saturated heterocycles. The van der Waals surface area contributed by atoms with E-state index in [0.29, 0.717) is 17.3 Å². The van der Waals surface area contributed by atoms with Crippen LogP contribution in [0.5, 0.6) is 0 Å². The van der Waals surface area contributed by atoms with E-state index in [1.807, 2.05) is 11.8 Å². The van der Waals surface area contributed by atoms with Crippen LogP contribution in [0, 0.1) is 0 Å². The van der Waals surface area contributed by atoms with Crippen molar-refractivity contribution in [1.29, 1.82) is 0 Å². The van der Waals surface area contributed by atoms with Crippen molar-refractivity contribution in [3.05, 3.63) is 29.8 Å². The number of benzene rings is 1. The van der Waals surface area contributed by atoms with Crippen LogP contribution in [-0.4, -0.2) is 29.9 Å². The maximum atomic E-state index is 6.26. The first-order chi connectivity index (χ1) is 7.27. The lowest BCUT2D eigenvalue weighted by Crippen LogP contribution is -2.47. The molecule has 80 valence electrons. The van der Waals surface area contributed by atoms with Gasteiger partial charge >= 0.3 is 0 Å². The van der Waals surface area contributed by atoms with Gasteiger partial charge in [0.2, 0.25) is 0 Å². The molecule has 3 rings (SSSR count). The zero-order chi connectivity index (χ0) is 10.4. The predicted octanol–water partition coefficient (Wildman–Crippen LogP) is 1.86. The van der Waals surface area contributed by atoms with Crippen LogP contribution in [-0.2, 0) is 0 Å². The first-order valence-electron chi connectivity index (χ1n) is 5.49. The molecule has 0 saturated carbocycles. The van der Waals surface area contributed by atoms with Crippen molar-refractivity contribution in [2.24, 2.45) is 5.73 Å². The maximum absolute atomic E-state index is 6.26. The van der Waals surface area contributed by atoms with Gasteiger partial charge in [-0.2, -0.15) is 0 Å². The Morgan fingerprint density at radius 1 is 1.40 bits per heavy atom. The van der Waals surface area contributed by atoms with Gasteiger partial charge in [-0.1, -0.05) is 18.2 Å². The summed E-state index contributed by atoms with van der Waals surface area (Å²) in [5.41, 5.74) is 7.72. The number of hydrogen-bond acceptors (Lipinski definition) is 3. The highest BCUT2D eigenvalue weighted by Crippen LogP contribution is 2.49. The minimum atomic E-state index is 0.336. The minimum Gasteiger partial charge on any atom is -0.327 e. The fourth-order valence-corrected chi connectivity index (χ4v) is 4.22. The summed E-state index contributed by atoms with van der Waals surface area (Å²) in [5.74, 6) is 0.532. The van der Waals surface area contributed by atoms with Gasteiger partial charge in [0.25, 0.3) is 0 Å². The summed E-state index contributed by atoms with van der Waals surface area (Å²) < 4.78 is 0. The molecule has 0 aliphatic carbocycles. The second-order valence-corrected chi connectivity index (χ2v) is 5.66. The van der Waals surface area contributed by atoms with E-state index < -0.39 is 0 Å². The van der Waals surface area contributed by atoms with E-state index in [0.717, 1.165) is 13.0 Å². The first kappa shape index (κ1) is 9.70. The third-order valence-electron chi connectivity index (χ3n) is 3.54. The quantitative estimate of drug-likeness (QED) is 0.723. The third-order valence-corrected chi connectivity index (χ3v) is 5.06. The van der Waals surface area contributed by atoms with Gasteiger partial charge in [-0.15, -0.1) is 11.8 Å². The Labute approximate surface area is 94.8 Å². The Morgan fingerprint density at radius 2 is 2.20 bits per heavy atom. The largest absolute Gasteiger partial charge is 0.327 e. The molecule has 0 bridgehead atoms. The highest BCUT2D eigenvalue weighted by atomic mass is 32.2. The number of likely N-dealkylation sites (tertiary alicyclic amines) is 1. The average molecular weight is 220 g/mol. The first-order valence-corrected chi connectivity index (χ1v) is 6.37. The van der Waals surface area contributed by atoms with Crippen molar-refractivity contribution in [3.63, 3.8) is 0 Å². The number of nitrogens with zero attached hydrogens (tertiary/aromatic N) is 1. The Balaban J connectivity index is 2.03. The number of nitrogens with two attached hydrogens (primary N) is 1. The average Bonchev–Trinajstić information content (AvgIpc) is 2.64. The van der Waals surface area contributed by atoms with Gasteiger partial charge in [0.05, 0.1) is 5.37 Å². The number of rotatable bonds is 0. The van der Waals surface area contributed by atoms with Gasteiger partial charge in [-0.25, -0.2) is 0 Å². The molecule has 2 N–H and O–H groups in total. The molecule has 0 amide bonds. The highest BCUT2D eigenvalue weighted by Gasteiger charge is 2.41. The van der Waals surface area contributed by atoms with Crippen LogP contribution >= 0.6 is 11.8 Å². The molecule has 3 unspecified atom stereocenters. The predicted molar refractivity (Wildman–Crippen MR) is 64.1 cm³/mol. The van der Waals surface area contributed by atoms with Crippen LogP contribution in [0.2, 0.25) is 0 Å².